The molecule has 0 spiro atoms. The molecule has 0 aromatic heterocycles. The van der Waals surface area contributed by atoms with Crippen LogP contribution >= 0.6 is 0 Å². The van der Waals surface area contributed by atoms with Crippen molar-refractivity contribution in [2.45, 2.75) is 25.7 Å². The molecule has 16 heavy (non-hydrogen) atoms. The zero-order valence-corrected chi connectivity index (χ0v) is 12.7. The fraction of sp³-hybridized carbons (Fsp3) is 0.417. The molecule has 82 valence electrons. The van der Waals surface area contributed by atoms with Crippen LogP contribution in [0.5, 0.6) is 11.5 Å². The molecule has 1 heterocycles. The summed E-state index contributed by atoms with van der Waals surface area (Å²) in [4.78, 5) is 10.1. The number of ether oxygens (including phenoxy) is 2. The summed E-state index contributed by atoms with van der Waals surface area (Å²) in [5, 5.41) is 0. The Morgan fingerprint density at radius 2 is 2.06 bits per heavy atom. The second-order valence-corrected chi connectivity index (χ2v) is 3.60. The number of hydrogen-bond acceptors (Lipinski definition) is 3. The van der Waals surface area contributed by atoms with Gasteiger partial charge < -0.3 is 15.7 Å². The number of benzene rings is 1. The summed E-state index contributed by atoms with van der Waals surface area (Å²) in [6, 6.07) is 6.01. The van der Waals surface area contributed by atoms with E-state index in [1.54, 1.807) is 0 Å². The van der Waals surface area contributed by atoms with Crippen LogP contribution in [0, 0.1) is 0 Å². The Morgan fingerprint density at radius 3 is 2.88 bits per heavy atom. The van der Waals surface area contributed by atoms with E-state index in [1.807, 2.05) is 12.1 Å². The van der Waals surface area contributed by atoms with Gasteiger partial charge in [0.25, 0.3) is 0 Å². The predicted octanol–water partition coefficient (Wildman–Crippen LogP) is -0.556. The molecule has 0 fully saturated rings. The Balaban J connectivity index is 0.00000128. The van der Waals surface area contributed by atoms with Crippen LogP contribution in [0.3, 0.4) is 0 Å². The summed E-state index contributed by atoms with van der Waals surface area (Å²) < 4.78 is 10.5. The molecule has 0 saturated heterocycles. The number of rotatable bonds is 5. The first-order chi connectivity index (χ1) is 7.40. The van der Waals surface area contributed by atoms with Gasteiger partial charge in [0.1, 0.15) is 6.29 Å². The van der Waals surface area contributed by atoms with Crippen molar-refractivity contribution in [3.8, 4) is 11.5 Å². The summed E-state index contributed by atoms with van der Waals surface area (Å²) >= 11 is 0. The first-order valence-electron chi connectivity index (χ1n) is 5.22. The number of carbonyl (C=O) groups is 1. The minimum atomic E-state index is 0. The number of unbranched alkanes of at least 4 members (excludes halogenated alkanes) is 2. The minimum absolute atomic E-state index is 0. The number of aldehydes is 1. The van der Waals surface area contributed by atoms with Gasteiger partial charge >= 0.3 is 51.4 Å². The van der Waals surface area contributed by atoms with E-state index in [1.165, 1.54) is 5.56 Å². The molecule has 0 amide bonds. The van der Waals surface area contributed by atoms with Crippen LogP contribution in [0.2, 0.25) is 0 Å². The molecule has 0 atom stereocenters. The van der Waals surface area contributed by atoms with Crippen LogP contribution in [0.1, 0.15) is 26.3 Å². The zero-order valence-electron chi connectivity index (χ0n) is 10.6. The Morgan fingerprint density at radius 1 is 1.25 bits per heavy atom. The maximum atomic E-state index is 10.1. The Labute approximate surface area is 139 Å². The van der Waals surface area contributed by atoms with E-state index in [-0.39, 0.29) is 52.8 Å². The van der Waals surface area contributed by atoms with Gasteiger partial charge in [0, 0.05) is 6.42 Å². The van der Waals surface area contributed by atoms with Gasteiger partial charge in [0.2, 0.25) is 6.79 Å². The second-order valence-electron chi connectivity index (χ2n) is 3.60. The van der Waals surface area contributed by atoms with Gasteiger partial charge in [0.15, 0.2) is 11.5 Å². The predicted molar refractivity (Wildman–Crippen MR) is 57.3 cm³/mol. The zero-order chi connectivity index (χ0) is 10.5. The molecule has 1 aromatic carbocycles. The van der Waals surface area contributed by atoms with Crippen LogP contribution < -0.4 is 60.9 Å². The monoisotopic (exact) mass is 246 g/mol. The molecule has 0 unspecified atom stereocenters. The van der Waals surface area contributed by atoms with Gasteiger partial charge in [-0.25, -0.2) is 0 Å². The van der Waals surface area contributed by atoms with E-state index in [2.05, 4.69) is 6.07 Å². The van der Waals surface area contributed by atoms with Crippen LogP contribution in [0.15, 0.2) is 18.2 Å². The maximum absolute atomic E-state index is 10.1. The standard InChI is InChI=1S/C12H14O3.K.H/c13-7-3-1-2-4-10-5-6-11-12(8-10)15-9-14-11;;/h5-8H,1-4,9H2;;/q;+1;-1. The minimum Gasteiger partial charge on any atom is -1.00 e. The molecule has 0 N–H and O–H groups in total. The molecule has 1 aromatic rings. The van der Waals surface area contributed by atoms with Crippen molar-refractivity contribution >= 4 is 6.29 Å². The smallest absolute Gasteiger partial charge is 1.00 e. The fourth-order valence-corrected chi connectivity index (χ4v) is 1.65. The SMILES string of the molecule is O=CCCCCc1ccc2c(c1)OCO2.[H-].[K+]. The van der Waals surface area contributed by atoms with Crippen molar-refractivity contribution in [3.63, 3.8) is 0 Å². The van der Waals surface area contributed by atoms with Crippen molar-refractivity contribution in [1.82, 2.24) is 0 Å². The molecule has 0 saturated carbocycles. The third-order valence-corrected chi connectivity index (χ3v) is 2.47. The molecule has 1 aliphatic rings. The summed E-state index contributed by atoms with van der Waals surface area (Å²) in [7, 11) is 0. The number of hydrogen-bond donors (Lipinski definition) is 0. The molecule has 4 heteroatoms. The van der Waals surface area contributed by atoms with Crippen LogP contribution in [0.25, 0.3) is 0 Å². The Kier molecular flexibility index (Phi) is 6.61. The van der Waals surface area contributed by atoms with Gasteiger partial charge in [-0.2, -0.15) is 0 Å². The fourth-order valence-electron chi connectivity index (χ4n) is 1.65. The van der Waals surface area contributed by atoms with Crippen molar-refractivity contribution in [2.24, 2.45) is 0 Å². The first kappa shape index (κ1) is 14.2. The maximum Gasteiger partial charge on any atom is 1.00 e. The quantitative estimate of drug-likeness (QED) is 0.397. The average Bonchev–Trinajstić information content (AvgIpc) is 2.71. The second kappa shape index (κ2) is 7.45. The van der Waals surface area contributed by atoms with Gasteiger partial charge in [-0.05, 0) is 37.0 Å². The third kappa shape index (κ3) is 3.86. The first-order valence-corrected chi connectivity index (χ1v) is 5.22. The molecule has 3 nitrogen and oxygen atoms in total. The van der Waals surface area contributed by atoms with E-state index in [0.717, 1.165) is 37.0 Å². The van der Waals surface area contributed by atoms with Crippen LogP contribution in [-0.2, 0) is 11.2 Å². The van der Waals surface area contributed by atoms with Crippen LogP contribution in [0.4, 0.5) is 0 Å². The molecule has 0 aliphatic carbocycles. The largest absolute Gasteiger partial charge is 1.00 e. The molecular weight excluding hydrogens is 231 g/mol. The molecule has 0 radical (unpaired) electrons. The Bertz CT molecular complexity index is 358. The summed E-state index contributed by atoms with van der Waals surface area (Å²) in [6.45, 7) is 0.323. The average molecular weight is 246 g/mol. The van der Waals surface area contributed by atoms with Crippen molar-refractivity contribution < 1.29 is 67.1 Å². The molecule has 1 aliphatic heterocycles. The molecule has 2 rings (SSSR count). The normalized spacial score (nSPS) is 12.0. The van der Waals surface area contributed by atoms with E-state index in [9.17, 15) is 4.79 Å². The van der Waals surface area contributed by atoms with Crippen LogP contribution in [-0.4, -0.2) is 13.1 Å². The van der Waals surface area contributed by atoms with Crippen molar-refractivity contribution in [3.05, 3.63) is 23.8 Å². The van der Waals surface area contributed by atoms with E-state index < -0.39 is 0 Å². The van der Waals surface area contributed by atoms with Gasteiger partial charge in [-0.3, -0.25) is 0 Å². The molecular formula is C12H15KO3. The summed E-state index contributed by atoms with van der Waals surface area (Å²) in [5.41, 5.74) is 1.24. The number of fused-ring (bicyclic) bond motifs is 1. The van der Waals surface area contributed by atoms with Gasteiger partial charge in [-0.15, -0.1) is 0 Å². The number of carbonyl (C=O) groups excluding carboxylic acids is 1. The van der Waals surface area contributed by atoms with Crippen molar-refractivity contribution in [1.29, 1.82) is 0 Å². The van der Waals surface area contributed by atoms with E-state index >= 15 is 0 Å². The van der Waals surface area contributed by atoms with Gasteiger partial charge in [0.05, 0.1) is 0 Å². The summed E-state index contributed by atoms with van der Waals surface area (Å²) in [6.07, 6.45) is 4.62. The Hall–Kier alpha value is 0.126. The topological polar surface area (TPSA) is 35.5 Å². The number of aryl methyl sites for hydroxylation is 1. The van der Waals surface area contributed by atoms with E-state index in [0.29, 0.717) is 13.2 Å². The van der Waals surface area contributed by atoms with Crippen molar-refractivity contribution in [2.75, 3.05) is 6.79 Å². The van der Waals surface area contributed by atoms with Gasteiger partial charge in [-0.1, -0.05) is 6.07 Å². The van der Waals surface area contributed by atoms with E-state index in [4.69, 9.17) is 9.47 Å². The summed E-state index contributed by atoms with van der Waals surface area (Å²) in [5.74, 6) is 1.66. The third-order valence-electron chi connectivity index (χ3n) is 2.47. The molecule has 0 bridgehead atoms.